The van der Waals surface area contributed by atoms with E-state index in [1.165, 1.54) is 12.4 Å². The van der Waals surface area contributed by atoms with E-state index in [9.17, 15) is 13.2 Å². The van der Waals surface area contributed by atoms with Gasteiger partial charge in [-0.05, 0) is 32.8 Å². The van der Waals surface area contributed by atoms with E-state index in [0.29, 0.717) is 19.0 Å². The van der Waals surface area contributed by atoms with Gasteiger partial charge >= 0.3 is 6.09 Å². The van der Waals surface area contributed by atoms with Gasteiger partial charge in [-0.25, -0.2) is 23.2 Å². The van der Waals surface area contributed by atoms with Gasteiger partial charge in [-0.15, -0.1) is 0 Å². The highest BCUT2D eigenvalue weighted by molar-refractivity contribution is 7.90. The smallest absolute Gasteiger partial charge is 0.410 e. The molecule has 2 aromatic rings. The van der Waals surface area contributed by atoms with E-state index >= 15 is 0 Å². The summed E-state index contributed by atoms with van der Waals surface area (Å²) in [5.41, 5.74) is 1.16. The van der Waals surface area contributed by atoms with Crippen molar-refractivity contribution in [1.29, 1.82) is 0 Å². The lowest BCUT2D eigenvalue weighted by Crippen LogP contribution is -2.59. The minimum Gasteiger partial charge on any atom is -0.496 e. The van der Waals surface area contributed by atoms with Gasteiger partial charge in [0.05, 0.1) is 31.6 Å². The molecule has 0 N–H and O–H groups in total. The average molecular weight is 518 g/mol. The number of nitrogens with zero attached hydrogens (tertiary/aromatic N) is 5. The van der Waals surface area contributed by atoms with Crippen LogP contribution < -0.4 is 9.64 Å². The highest BCUT2D eigenvalue weighted by atomic mass is 32.2. The summed E-state index contributed by atoms with van der Waals surface area (Å²) in [6.45, 7) is 7.55. The third-order valence-electron chi connectivity index (χ3n) is 6.84. The number of likely N-dealkylation sites (tertiary alicyclic amines) is 1. The number of rotatable bonds is 6. The van der Waals surface area contributed by atoms with E-state index < -0.39 is 9.84 Å². The van der Waals surface area contributed by atoms with Crippen molar-refractivity contribution >= 4 is 21.9 Å². The summed E-state index contributed by atoms with van der Waals surface area (Å²) in [5, 5.41) is 0. The normalized spacial score (nSPS) is 21.9. The van der Waals surface area contributed by atoms with Gasteiger partial charge in [0.25, 0.3) is 0 Å². The number of aromatic nitrogens is 2. The molecule has 0 saturated carbocycles. The molecule has 0 radical (unpaired) electrons. The standard InChI is InChI=1S/C25H35N5O5S/c1-18-15-29(24-26-13-22(14-27-24)36(4,32)33)16-19(2)30(18)25(31)35-21-9-11-28(12-10-21)17-20-7-5-6-8-23(20)34-3/h5-8,13-14,18-19,21H,9-12,15-17H2,1-4H3/t18-,19+. The Kier molecular flexibility index (Phi) is 7.99. The molecule has 2 aliphatic heterocycles. The van der Waals surface area contributed by atoms with Crippen molar-refractivity contribution in [3.8, 4) is 5.75 Å². The van der Waals surface area contributed by atoms with Gasteiger partial charge in [-0.1, -0.05) is 18.2 Å². The van der Waals surface area contributed by atoms with Crippen molar-refractivity contribution in [3.63, 3.8) is 0 Å². The molecule has 36 heavy (non-hydrogen) atoms. The number of methoxy groups -OCH3 is 1. The van der Waals surface area contributed by atoms with Crippen LogP contribution >= 0.6 is 0 Å². The maximum atomic E-state index is 13.1. The van der Waals surface area contributed by atoms with Crippen LogP contribution in [-0.4, -0.2) is 92.0 Å². The number of piperazine rings is 1. The van der Waals surface area contributed by atoms with Crippen molar-refractivity contribution in [2.45, 2.75) is 56.3 Å². The summed E-state index contributed by atoms with van der Waals surface area (Å²) in [5.74, 6) is 1.35. The molecular weight excluding hydrogens is 482 g/mol. The molecule has 0 bridgehead atoms. The molecular formula is C25H35N5O5S. The fraction of sp³-hybridized carbons (Fsp3) is 0.560. The van der Waals surface area contributed by atoms with Crippen molar-refractivity contribution in [1.82, 2.24) is 19.8 Å². The van der Waals surface area contributed by atoms with Gasteiger partial charge in [0.15, 0.2) is 9.84 Å². The number of benzene rings is 1. The Bertz CT molecular complexity index is 1140. The Morgan fingerprint density at radius 2 is 1.67 bits per heavy atom. The lowest BCUT2D eigenvalue weighted by Gasteiger charge is -2.44. The Balaban J connectivity index is 1.29. The van der Waals surface area contributed by atoms with Crippen LogP contribution in [0.2, 0.25) is 0 Å². The van der Waals surface area contributed by atoms with Crippen molar-refractivity contribution in [2.24, 2.45) is 0 Å². The van der Waals surface area contributed by atoms with Crippen LogP contribution in [0.1, 0.15) is 32.3 Å². The van der Waals surface area contributed by atoms with E-state index in [2.05, 4.69) is 20.9 Å². The van der Waals surface area contributed by atoms with Crippen molar-refractivity contribution in [2.75, 3.05) is 44.4 Å². The van der Waals surface area contributed by atoms with Crippen LogP contribution in [0.4, 0.5) is 10.7 Å². The zero-order valence-corrected chi connectivity index (χ0v) is 22.1. The van der Waals surface area contributed by atoms with Gasteiger partial charge in [0.1, 0.15) is 16.7 Å². The van der Waals surface area contributed by atoms with Crippen LogP contribution in [-0.2, 0) is 21.1 Å². The summed E-state index contributed by atoms with van der Waals surface area (Å²) in [4.78, 5) is 27.8. The van der Waals surface area contributed by atoms with Crippen LogP contribution in [0.15, 0.2) is 41.6 Å². The molecule has 0 aliphatic carbocycles. The molecule has 2 atom stereocenters. The molecule has 4 rings (SSSR count). The van der Waals surface area contributed by atoms with Crippen LogP contribution in [0, 0.1) is 0 Å². The fourth-order valence-electron chi connectivity index (χ4n) is 4.97. The third-order valence-corrected chi connectivity index (χ3v) is 7.91. The van der Waals surface area contributed by atoms with E-state index in [1.54, 1.807) is 12.0 Å². The molecule has 196 valence electrons. The maximum absolute atomic E-state index is 13.1. The van der Waals surface area contributed by atoms with Gasteiger partial charge in [-0.2, -0.15) is 0 Å². The zero-order chi connectivity index (χ0) is 25.9. The van der Waals surface area contributed by atoms with Crippen LogP contribution in [0.25, 0.3) is 0 Å². The molecule has 2 fully saturated rings. The molecule has 11 heteroatoms. The van der Waals surface area contributed by atoms with Gasteiger partial charge in [0.2, 0.25) is 5.95 Å². The summed E-state index contributed by atoms with van der Waals surface area (Å²) in [6.07, 6.45) is 4.99. The number of hydrogen-bond acceptors (Lipinski definition) is 9. The molecule has 0 spiro atoms. The van der Waals surface area contributed by atoms with E-state index in [-0.39, 0.29) is 29.2 Å². The third kappa shape index (κ3) is 6.07. The maximum Gasteiger partial charge on any atom is 0.410 e. The molecule has 1 aromatic heterocycles. The first kappa shape index (κ1) is 26.2. The summed E-state index contributed by atoms with van der Waals surface area (Å²) in [7, 11) is -1.66. The molecule has 10 nitrogen and oxygen atoms in total. The molecule has 0 unspecified atom stereocenters. The Morgan fingerprint density at radius 1 is 1.06 bits per heavy atom. The second-order valence-electron chi connectivity index (χ2n) is 9.67. The SMILES string of the molecule is COc1ccccc1CN1CCC(OC(=O)N2[C@H](C)CN(c3ncc(S(C)(=O)=O)cn3)C[C@@H]2C)CC1. The first-order valence-electron chi connectivity index (χ1n) is 12.3. The number of carbonyl (C=O) groups is 1. The molecule has 2 aliphatic rings. The first-order chi connectivity index (χ1) is 17.2. The lowest BCUT2D eigenvalue weighted by atomic mass is 10.1. The number of piperidine rings is 1. The highest BCUT2D eigenvalue weighted by Crippen LogP contribution is 2.25. The number of ether oxygens (including phenoxy) is 2. The van der Waals surface area contributed by atoms with E-state index in [1.807, 2.05) is 36.9 Å². The average Bonchev–Trinajstić information content (AvgIpc) is 2.84. The predicted octanol–water partition coefficient (Wildman–Crippen LogP) is 2.59. The lowest BCUT2D eigenvalue weighted by molar-refractivity contribution is 0.00989. The van der Waals surface area contributed by atoms with E-state index in [4.69, 9.17) is 9.47 Å². The number of carbonyl (C=O) groups excluding carboxylic acids is 1. The number of para-hydroxylation sites is 1. The summed E-state index contributed by atoms with van der Waals surface area (Å²) >= 11 is 0. The predicted molar refractivity (Wildman–Crippen MR) is 136 cm³/mol. The zero-order valence-electron chi connectivity index (χ0n) is 21.3. The Morgan fingerprint density at radius 3 is 2.25 bits per heavy atom. The number of hydrogen-bond donors (Lipinski definition) is 0. The van der Waals surface area contributed by atoms with Gasteiger partial charge in [0, 0.05) is 44.5 Å². The molecule has 1 aromatic carbocycles. The minimum absolute atomic E-state index is 0.0866. The van der Waals surface area contributed by atoms with Gasteiger partial charge < -0.3 is 14.4 Å². The van der Waals surface area contributed by atoms with Crippen molar-refractivity contribution in [3.05, 3.63) is 42.2 Å². The fourth-order valence-corrected chi connectivity index (χ4v) is 5.46. The summed E-state index contributed by atoms with van der Waals surface area (Å²) < 4.78 is 34.7. The first-order valence-corrected chi connectivity index (χ1v) is 14.1. The quantitative estimate of drug-likeness (QED) is 0.572. The summed E-state index contributed by atoms with van der Waals surface area (Å²) in [6, 6.07) is 7.83. The van der Waals surface area contributed by atoms with Gasteiger partial charge in [-0.3, -0.25) is 9.80 Å². The Hall–Kier alpha value is -2.92. The Labute approximate surface area is 213 Å². The highest BCUT2D eigenvalue weighted by Gasteiger charge is 2.36. The number of sulfone groups is 1. The van der Waals surface area contributed by atoms with Crippen LogP contribution in [0.3, 0.4) is 0 Å². The molecule has 3 heterocycles. The minimum atomic E-state index is -3.35. The second kappa shape index (κ2) is 11.0. The topological polar surface area (TPSA) is 105 Å². The number of amides is 1. The largest absolute Gasteiger partial charge is 0.496 e. The molecule has 1 amide bonds. The van der Waals surface area contributed by atoms with Crippen molar-refractivity contribution < 1.29 is 22.7 Å². The van der Waals surface area contributed by atoms with E-state index in [0.717, 1.165) is 50.0 Å². The van der Waals surface area contributed by atoms with Crippen LogP contribution in [0.5, 0.6) is 5.75 Å². The monoisotopic (exact) mass is 517 g/mol. The number of anilines is 1. The second-order valence-corrected chi connectivity index (χ2v) is 11.7. The molecule has 2 saturated heterocycles.